The van der Waals surface area contributed by atoms with Crippen molar-refractivity contribution in [2.75, 3.05) is 6.54 Å². The van der Waals surface area contributed by atoms with Gasteiger partial charge in [-0.1, -0.05) is 0 Å². The maximum atomic E-state index is 11.8. The fourth-order valence-corrected chi connectivity index (χ4v) is 1.48. The summed E-state index contributed by atoms with van der Waals surface area (Å²) in [5, 5.41) is 9.12. The van der Waals surface area contributed by atoms with Crippen molar-refractivity contribution < 1.29 is 18.0 Å². The van der Waals surface area contributed by atoms with Gasteiger partial charge in [0.1, 0.15) is 0 Å². The predicted molar refractivity (Wildman–Crippen MR) is 59.9 cm³/mol. The van der Waals surface area contributed by atoms with Gasteiger partial charge >= 0.3 is 6.18 Å². The van der Waals surface area contributed by atoms with Crippen LogP contribution in [0.2, 0.25) is 0 Å². The number of nitrogens with zero attached hydrogens (tertiary/aromatic N) is 1. The topological polar surface area (TPSA) is 57.8 Å². The number of nitrogens with one attached hydrogen (secondary N) is 2. The molecule has 0 radical (unpaired) electrons. The van der Waals surface area contributed by atoms with E-state index in [4.69, 9.17) is 0 Å². The predicted octanol–water partition coefficient (Wildman–Crippen LogP) is 2.11. The van der Waals surface area contributed by atoms with E-state index in [9.17, 15) is 18.0 Å². The summed E-state index contributed by atoms with van der Waals surface area (Å²) in [7, 11) is 0. The van der Waals surface area contributed by atoms with Crippen LogP contribution in [-0.2, 0) is 11.2 Å². The number of aromatic nitrogens is 2. The van der Waals surface area contributed by atoms with Crippen LogP contribution in [0.1, 0.15) is 30.5 Å². The minimum Gasteiger partial charge on any atom is -0.356 e. The van der Waals surface area contributed by atoms with Crippen LogP contribution in [0.3, 0.4) is 0 Å². The van der Waals surface area contributed by atoms with E-state index in [0.717, 1.165) is 17.7 Å². The number of aryl methyl sites for hydroxylation is 2. The summed E-state index contributed by atoms with van der Waals surface area (Å²) >= 11 is 0. The molecule has 0 bridgehead atoms. The van der Waals surface area contributed by atoms with Gasteiger partial charge < -0.3 is 5.32 Å². The monoisotopic (exact) mass is 263 g/mol. The van der Waals surface area contributed by atoms with E-state index >= 15 is 0 Å². The lowest BCUT2D eigenvalue weighted by Gasteiger charge is -2.07. The molecule has 0 fully saturated rings. The Morgan fingerprint density at radius 1 is 1.50 bits per heavy atom. The number of hydrogen-bond donors (Lipinski definition) is 2. The van der Waals surface area contributed by atoms with Gasteiger partial charge in [-0.05, 0) is 25.3 Å². The minimum absolute atomic E-state index is 0.376. The average molecular weight is 263 g/mol. The van der Waals surface area contributed by atoms with Crippen molar-refractivity contribution in [3.8, 4) is 0 Å². The Labute approximate surface area is 103 Å². The lowest BCUT2D eigenvalue weighted by atomic mass is 10.1. The zero-order valence-corrected chi connectivity index (χ0v) is 10.1. The Balaban J connectivity index is 2.11. The molecule has 0 unspecified atom stereocenters. The van der Waals surface area contributed by atoms with E-state index < -0.39 is 24.9 Å². The van der Waals surface area contributed by atoms with Crippen molar-refractivity contribution in [1.29, 1.82) is 0 Å². The number of carbonyl (C=O) groups excluding carboxylic acids is 1. The minimum atomic E-state index is -4.27. The summed E-state index contributed by atoms with van der Waals surface area (Å²) in [5.74, 6) is -0.559. The quantitative estimate of drug-likeness (QED) is 0.772. The Kier molecular flexibility index (Phi) is 5.18. The van der Waals surface area contributed by atoms with Crippen molar-refractivity contribution in [3.05, 3.63) is 17.5 Å². The SMILES string of the molecule is Cc1[nH]ncc1CCCNC(=O)CCC(F)(F)F. The van der Waals surface area contributed by atoms with Gasteiger partial charge in [0.2, 0.25) is 5.91 Å². The molecule has 1 heterocycles. The third kappa shape index (κ3) is 5.70. The molecule has 1 aromatic rings. The van der Waals surface area contributed by atoms with Crippen LogP contribution in [0.25, 0.3) is 0 Å². The van der Waals surface area contributed by atoms with Crippen molar-refractivity contribution in [2.24, 2.45) is 0 Å². The van der Waals surface area contributed by atoms with Crippen molar-refractivity contribution in [2.45, 2.75) is 38.8 Å². The number of halogens is 3. The molecule has 1 rings (SSSR count). The first-order chi connectivity index (χ1) is 8.38. The first-order valence-corrected chi connectivity index (χ1v) is 5.71. The summed E-state index contributed by atoms with van der Waals surface area (Å²) in [6.45, 7) is 2.27. The summed E-state index contributed by atoms with van der Waals surface area (Å²) < 4.78 is 35.5. The zero-order valence-electron chi connectivity index (χ0n) is 10.1. The van der Waals surface area contributed by atoms with E-state index in [1.807, 2.05) is 6.92 Å². The average Bonchev–Trinajstić information content (AvgIpc) is 2.67. The molecular weight excluding hydrogens is 247 g/mol. The molecule has 0 aromatic carbocycles. The van der Waals surface area contributed by atoms with Crippen LogP contribution >= 0.6 is 0 Å². The number of alkyl halides is 3. The lowest BCUT2D eigenvalue weighted by Crippen LogP contribution is -2.26. The first kappa shape index (κ1) is 14.5. The van der Waals surface area contributed by atoms with Crippen LogP contribution in [-0.4, -0.2) is 28.8 Å². The van der Waals surface area contributed by atoms with E-state index in [2.05, 4.69) is 15.5 Å². The van der Waals surface area contributed by atoms with E-state index in [-0.39, 0.29) is 0 Å². The molecule has 4 nitrogen and oxygen atoms in total. The van der Waals surface area contributed by atoms with Crippen LogP contribution in [0.15, 0.2) is 6.20 Å². The third-order valence-corrected chi connectivity index (χ3v) is 2.51. The van der Waals surface area contributed by atoms with Crippen LogP contribution in [0, 0.1) is 6.92 Å². The molecule has 0 aliphatic rings. The molecular formula is C11H16F3N3O. The molecule has 0 atom stereocenters. The molecule has 7 heteroatoms. The van der Waals surface area contributed by atoms with Crippen LogP contribution in [0.4, 0.5) is 13.2 Å². The third-order valence-electron chi connectivity index (χ3n) is 2.51. The van der Waals surface area contributed by atoms with Gasteiger partial charge in [-0.25, -0.2) is 0 Å². The normalized spacial score (nSPS) is 11.6. The smallest absolute Gasteiger partial charge is 0.356 e. The fourth-order valence-electron chi connectivity index (χ4n) is 1.48. The van der Waals surface area contributed by atoms with Gasteiger partial charge in [0.25, 0.3) is 0 Å². The molecule has 18 heavy (non-hydrogen) atoms. The Hall–Kier alpha value is -1.53. The maximum absolute atomic E-state index is 11.8. The number of H-pyrrole nitrogens is 1. The van der Waals surface area contributed by atoms with Gasteiger partial charge in [0, 0.05) is 18.7 Å². The van der Waals surface area contributed by atoms with Gasteiger partial charge in [0.15, 0.2) is 0 Å². The molecule has 0 aliphatic heterocycles. The Bertz CT molecular complexity index is 387. The molecule has 102 valence electrons. The second-order valence-corrected chi connectivity index (χ2v) is 4.09. The number of rotatable bonds is 6. The number of amides is 1. The molecule has 0 spiro atoms. The second kappa shape index (κ2) is 6.42. The lowest BCUT2D eigenvalue weighted by molar-refractivity contribution is -0.144. The second-order valence-electron chi connectivity index (χ2n) is 4.09. The standard InChI is InChI=1S/C11H16F3N3O/c1-8-9(7-16-17-8)3-2-6-15-10(18)4-5-11(12,13)14/h7H,2-6H2,1H3,(H,15,18)(H,16,17). The Morgan fingerprint density at radius 3 is 2.78 bits per heavy atom. The van der Waals surface area contributed by atoms with Gasteiger partial charge in [-0.2, -0.15) is 18.3 Å². The number of carbonyl (C=O) groups is 1. The first-order valence-electron chi connectivity index (χ1n) is 5.71. The fraction of sp³-hybridized carbons (Fsp3) is 0.636. The van der Waals surface area contributed by atoms with E-state index in [0.29, 0.717) is 13.0 Å². The van der Waals surface area contributed by atoms with Crippen LogP contribution < -0.4 is 5.32 Å². The van der Waals surface area contributed by atoms with Crippen molar-refractivity contribution in [3.63, 3.8) is 0 Å². The molecule has 0 aliphatic carbocycles. The van der Waals surface area contributed by atoms with Gasteiger partial charge in [-0.15, -0.1) is 0 Å². The van der Waals surface area contributed by atoms with Gasteiger partial charge in [-0.3, -0.25) is 9.89 Å². The summed E-state index contributed by atoms with van der Waals surface area (Å²) in [5.41, 5.74) is 2.03. The van der Waals surface area contributed by atoms with Crippen molar-refractivity contribution >= 4 is 5.91 Å². The molecule has 2 N–H and O–H groups in total. The maximum Gasteiger partial charge on any atom is 0.389 e. The molecule has 1 amide bonds. The zero-order chi connectivity index (χ0) is 13.6. The van der Waals surface area contributed by atoms with Crippen LogP contribution in [0.5, 0.6) is 0 Å². The van der Waals surface area contributed by atoms with E-state index in [1.54, 1.807) is 6.20 Å². The number of hydrogen-bond acceptors (Lipinski definition) is 2. The molecule has 0 saturated carbocycles. The highest BCUT2D eigenvalue weighted by Gasteiger charge is 2.27. The highest BCUT2D eigenvalue weighted by atomic mass is 19.4. The summed E-state index contributed by atoms with van der Waals surface area (Å²) in [6, 6.07) is 0. The number of aromatic amines is 1. The van der Waals surface area contributed by atoms with Gasteiger partial charge in [0.05, 0.1) is 12.6 Å². The highest BCUT2D eigenvalue weighted by Crippen LogP contribution is 2.20. The molecule has 1 aromatic heterocycles. The van der Waals surface area contributed by atoms with Crippen molar-refractivity contribution in [1.82, 2.24) is 15.5 Å². The summed E-state index contributed by atoms with van der Waals surface area (Å²) in [6.07, 6.45) is -2.72. The Morgan fingerprint density at radius 2 is 2.22 bits per heavy atom. The largest absolute Gasteiger partial charge is 0.389 e. The summed E-state index contributed by atoms with van der Waals surface area (Å²) in [4.78, 5) is 11.1. The van der Waals surface area contributed by atoms with E-state index in [1.165, 1.54) is 0 Å². The highest BCUT2D eigenvalue weighted by molar-refractivity contribution is 5.75. The molecule has 0 saturated heterocycles.